The van der Waals surface area contributed by atoms with E-state index in [4.69, 9.17) is 4.74 Å². The highest BCUT2D eigenvalue weighted by molar-refractivity contribution is 5.99. The average Bonchev–Trinajstić information content (AvgIpc) is 2.73. The monoisotopic (exact) mass is 407 g/mol. The van der Waals surface area contributed by atoms with Gasteiger partial charge in [0, 0.05) is 12.1 Å². The Morgan fingerprint density at radius 2 is 1.31 bits per heavy atom. The van der Waals surface area contributed by atoms with E-state index in [1.54, 1.807) is 0 Å². The number of para-hydroxylation sites is 1. The quantitative estimate of drug-likeness (QED) is 0.399. The standard InChI is InChI=1S/C26H29NO.ClH/c1-4-23(21-13-7-5-8-14-21)26(22-15-9-6-10-16-22)24-17-11-12-18-25(24)28-20-19-27(2)3;/h5-18H,4,19-20H2,1-3H3;1H. The van der Waals surface area contributed by atoms with Gasteiger partial charge in [-0.25, -0.2) is 0 Å². The first-order valence-electron chi connectivity index (χ1n) is 9.91. The van der Waals surface area contributed by atoms with Crippen molar-refractivity contribution in [3.63, 3.8) is 0 Å². The Morgan fingerprint density at radius 3 is 1.90 bits per heavy atom. The Bertz CT molecular complexity index is 904. The summed E-state index contributed by atoms with van der Waals surface area (Å²) in [5.41, 5.74) is 6.19. The number of hydrogen-bond donors (Lipinski definition) is 0. The van der Waals surface area contributed by atoms with Crippen LogP contribution in [0.5, 0.6) is 5.75 Å². The van der Waals surface area contributed by atoms with Gasteiger partial charge in [0.05, 0.1) is 0 Å². The lowest BCUT2D eigenvalue weighted by molar-refractivity contribution is 0.261. The van der Waals surface area contributed by atoms with Crippen LogP contribution in [0.25, 0.3) is 11.1 Å². The predicted molar refractivity (Wildman–Crippen MR) is 127 cm³/mol. The van der Waals surface area contributed by atoms with Gasteiger partial charge in [-0.3, -0.25) is 0 Å². The van der Waals surface area contributed by atoms with E-state index in [0.717, 1.165) is 24.3 Å². The van der Waals surface area contributed by atoms with Gasteiger partial charge >= 0.3 is 0 Å². The number of allylic oxidation sites excluding steroid dienone is 1. The summed E-state index contributed by atoms with van der Waals surface area (Å²) in [4.78, 5) is 2.14. The molecule has 0 atom stereocenters. The van der Waals surface area contributed by atoms with E-state index in [1.807, 2.05) is 6.07 Å². The van der Waals surface area contributed by atoms with Gasteiger partial charge in [0.25, 0.3) is 0 Å². The number of benzene rings is 3. The Labute approximate surface area is 181 Å². The summed E-state index contributed by atoms with van der Waals surface area (Å²) in [6, 6.07) is 29.7. The first-order valence-corrected chi connectivity index (χ1v) is 9.91. The van der Waals surface area contributed by atoms with E-state index < -0.39 is 0 Å². The zero-order valence-electron chi connectivity index (χ0n) is 17.5. The van der Waals surface area contributed by atoms with Crippen LogP contribution in [0, 0.1) is 0 Å². The van der Waals surface area contributed by atoms with Gasteiger partial charge in [-0.2, -0.15) is 0 Å². The maximum atomic E-state index is 6.21. The first-order chi connectivity index (χ1) is 13.7. The molecule has 0 spiro atoms. The molecule has 3 rings (SSSR count). The minimum Gasteiger partial charge on any atom is -0.492 e. The van der Waals surface area contributed by atoms with Gasteiger partial charge in [0.1, 0.15) is 12.4 Å². The van der Waals surface area contributed by atoms with Gasteiger partial charge in [0.15, 0.2) is 0 Å². The largest absolute Gasteiger partial charge is 0.492 e. The van der Waals surface area contributed by atoms with Crippen molar-refractivity contribution in [1.29, 1.82) is 0 Å². The highest BCUT2D eigenvalue weighted by Gasteiger charge is 2.16. The molecular weight excluding hydrogens is 378 g/mol. The lowest BCUT2D eigenvalue weighted by atomic mass is 9.88. The molecule has 3 aromatic rings. The third-order valence-corrected chi connectivity index (χ3v) is 4.79. The van der Waals surface area contributed by atoms with Crippen LogP contribution in [0.3, 0.4) is 0 Å². The summed E-state index contributed by atoms with van der Waals surface area (Å²) in [5.74, 6) is 0.935. The molecule has 3 heteroatoms. The maximum absolute atomic E-state index is 6.21. The molecule has 0 aliphatic carbocycles. The van der Waals surface area contributed by atoms with Crippen molar-refractivity contribution in [3.05, 3.63) is 102 Å². The van der Waals surface area contributed by atoms with Crippen molar-refractivity contribution in [3.8, 4) is 5.75 Å². The van der Waals surface area contributed by atoms with Crippen LogP contribution in [-0.2, 0) is 0 Å². The Kier molecular flexibility index (Phi) is 8.98. The molecule has 3 aromatic carbocycles. The minimum atomic E-state index is 0. The average molecular weight is 408 g/mol. The molecule has 0 fully saturated rings. The Hall–Kier alpha value is -2.55. The van der Waals surface area contributed by atoms with Gasteiger partial charge in [-0.15, -0.1) is 12.4 Å². The van der Waals surface area contributed by atoms with Crippen molar-refractivity contribution in [2.24, 2.45) is 0 Å². The van der Waals surface area contributed by atoms with Crippen LogP contribution in [0.2, 0.25) is 0 Å². The van der Waals surface area contributed by atoms with E-state index in [1.165, 1.54) is 22.3 Å². The van der Waals surface area contributed by atoms with E-state index in [9.17, 15) is 0 Å². The lowest BCUT2D eigenvalue weighted by Crippen LogP contribution is -2.19. The number of ether oxygens (including phenoxy) is 1. The molecule has 152 valence electrons. The van der Waals surface area contributed by atoms with E-state index in [2.05, 4.69) is 105 Å². The van der Waals surface area contributed by atoms with Crippen LogP contribution >= 0.6 is 12.4 Å². The fourth-order valence-corrected chi connectivity index (χ4v) is 3.40. The normalized spacial score (nSPS) is 11.6. The molecule has 2 nitrogen and oxygen atoms in total. The Balaban J connectivity index is 0.00000300. The van der Waals surface area contributed by atoms with Crippen molar-refractivity contribution in [1.82, 2.24) is 4.90 Å². The number of rotatable bonds is 8. The van der Waals surface area contributed by atoms with Crippen LogP contribution in [0.1, 0.15) is 30.0 Å². The molecule has 0 saturated carbocycles. The summed E-state index contributed by atoms with van der Waals surface area (Å²) in [5, 5.41) is 0. The van der Waals surface area contributed by atoms with Gasteiger partial charge < -0.3 is 9.64 Å². The van der Waals surface area contributed by atoms with Crippen molar-refractivity contribution in [2.45, 2.75) is 13.3 Å². The van der Waals surface area contributed by atoms with Crippen LogP contribution in [0.15, 0.2) is 84.9 Å². The third kappa shape index (κ3) is 5.96. The second-order valence-electron chi connectivity index (χ2n) is 7.09. The van der Waals surface area contributed by atoms with E-state index in [-0.39, 0.29) is 12.4 Å². The molecule has 0 aromatic heterocycles. The van der Waals surface area contributed by atoms with Gasteiger partial charge in [-0.05, 0) is 48.9 Å². The topological polar surface area (TPSA) is 12.5 Å². The van der Waals surface area contributed by atoms with Crippen LogP contribution in [0.4, 0.5) is 0 Å². The smallest absolute Gasteiger partial charge is 0.127 e. The van der Waals surface area contributed by atoms with Crippen LogP contribution in [-0.4, -0.2) is 32.1 Å². The lowest BCUT2D eigenvalue weighted by Gasteiger charge is -2.20. The molecular formula is C26H30ClNO. The minimum absolute atomic E-state index is 0. The number of nitrogens with zero attached hydrogens (tertiary/aromatic N) is 1. The molecule has 29 heavy (non-hydrogen) atoms. The number of hydrogen-bond acceptors (Lipinski definition) is 2. The van der Waals surface area contributed by atoms with Gasteiger partial charge in [0.2, 0.25) is 0 Å². The fraction of sp³-hybridized carbons (Fsp3) is 0.231. The summed E-state index contributed by atoms with van der Waals surface area (Å²) in [6.07, 6.45) is 0.945. The second-order valence-corrected chi connectivity index (χ2v) is 7.09. The summed E-state index contributed by atoms with van der Waals surface area (Å²) in [7, 11) is 4.13. The molecule has 0 N–H and O–H groups in total. The summed E-state index contributed by atoms with van der Waals surface area (Å²) in [6.45, 7) is 3.78. The Morgan fingerprint density at radius 1 is 0.759 bits per heavy atom. The molecule has 0 aliphatic heterocycles. The van der Waals surface area contributed by atoms with E-state index in [0.29, 0.717) is 6.61 Å². The predicted octanol–water partition coefficient (Wildman–Crippen LogP) is 6.42. The SMILES string of the molecule is CCC(=C(c1ccccc1)c1ccccc1OCCN(C)C)c1ccccc1.Cl. The molecule has 0 bridgehead atoms. The molecule has 0 saturated heterocycles. The van der Waals surface area contributed by atoms with E-state index >= 15 is 0 Å². The zero-order valence-corrected chi connectivity index (χ0v) is 18.3. The maximum Gasteiger partial charge on any atom is 0.127 e. The first kappa shape index (κ1) is 22.7. The highest BCUT2D eigenvalue weighted by atomic mass is 35.5. The third-order valence-electron chi connectivity index (χ3n) is 4.79. The molecule has 0 unspecified atom stereocenters. The van der Waals surface area contributed by atoms with Crippen LogP contribution < -0.4 is 4.74 Å². The number of likely N-dealkylation sites (N-methyl/N-ethyl adjacent to an activating group) is 1. The molecule has 0 amide bonds. The summed E-state index contributed by atoms with van der Waals surface area (Å²) < 4.78 is 6.21. The van der Waals surface area contributed by atoms with Crippen molar-refractivity contribution >= 4 is 23.6 Å². The molecule has 0 aliphatic rings. The highest BCUT2D eigenvalue weighted by Crippen LogP contribution is 2.38. The molecule has 0 heterocycles. The second kappa shape index (κ2) is 11.5. The van der Waals surface area contributed by atoms with Gasteiger partial charge in [-0.1, -0.05) is 85.8 Å². The fourth-order valence-electron chi connectivity index (χ4n) is 3.40. The van der Waals surface area contributed by atoms with Crippen molar-refractivity contribution < 1.29 is 4.74 Å². The van der Waals surface area contributed by atoms with Crippen molar-refractivity contribution in [2.75, 3.05) is 27.2 Å². The number of halogens is 1. The molecule has 0 radical (unpaired) electrons. The summed E-state index contributed by atoms with van der Waals surface area (Å²) >= 11 is 0. The zero-order chi connectivity index (χ0) is 19.8.